The Morgan fingerprint density at radius 2 is 2.32 bits per heavy atom. The summed E-state index contributed by atoms with van der Waals surface area (Å²) in [5.74, 6) is 1.75. The second-order valence-electron chi connectivity index (χ2n) is 5.98. The summed E-state index contributed by atoms with van der Waals surface area (Å²) in [7, 11) is 2.06. The molecule has 1 aliphatic heterocycles. The molecule has 3 heterocycles. The quantitative estimate of drug-likeness (QED) is 0.766. The van der Waals surface area contributed by atoms with Crippen LogP contribution in [0.1, 0.15) is 17.8 Å². The first-order chi connectivity index (χ1) is 12.2. The van der Waals surface area contributed by atoms with Gasteiger partial charge in [-0.2, -0.15) is 4.98 Å². The van der Waals surface area contributed by atoms with Gasteiger partial charge >= 0.3 is 0 Å². The molecule has 0 spiro atoms. The van der Waals surface area contributed by atoms with Gasteiger partial charge in [-0.3, -0.25) is 9.88 Å². The molecule has 130 valence electrons. The predicted octanol–water partition coefficient (Wildman–Crippen LogP) is 2.43. The molecule has 8 heteroatoms. The van der Waals surface area contributed by atoms with Gasteiger partial charge in [-0.15, -0.1) is 0 Å². The summed E-state index contributed by atoms with van der Waals surface area (Å²) < 4.78 is 11.2. The molecule has 1 aromatic carbocycles. The van der Waals surface area contributed by atoms with E-state index in [-0.39, 0.29) is 12.6 Å². The van der Waals surface area contributed by atoms with Gasteiger partial charge in [-0.1, -0.05) is 16.8 Å². The third kappa shape index (κ3) is 3.30. The second kappa shape index (κ2) is 6.95. The number of aromatic nitrogens is 3. The maximum Gasteiger partial charge on any atom is 0.264 e. The Morgan fingerprint density at radius 1 is 1.40 bits per heavy atom. The third-order valence-electron chi connectivity index (χ3n) is 4.32. The molecular weight excluding hydrogens is 342 g/mol. The molecule has 1 fully saturated rings. The summed E-state index contributed by atoms with van der Waals surface area (Å²) >= 11 is 6.20. The van der Waals surface area contributed by atoms with Gasteiger partial charge in [-0.05, 0) is 31.3 Å². The molecule has 0 radical (unpaired) electrons. The van der Waals surface area contributed by atoms with Crippen LogP contribution in [0.15, 0.2) is 35.0 Å². The fourth-order valence-electron chi connectivity index (χ4n) is 2.92. The molecule has 0 saturated carbocycles. The first kappa shape index (κ1) is 16.3. The molecule has 2 aromatic heterocycles. The highest BCUT2D eigenvalue weighted by molar-refractivity contribution is 6.35. The van der Waals surface area contributed by atoms with Crippen LogP contribution < -0.4 is 10.1 Å². The monoisotopic (exact) mass is 359 g/mol. The minimum absolute atomic E-state index is 0.115. The zero-order valence-corrected chi connectivity index (χ0v) is 14.5. The Hall–Kier alpha value is -2.22. The van der Waals surface area contributed by atoms with Crippen LogP contribution in [0.3, 0.4) is 0 Å². The third-order valence-corrected chi connectivity index (χ3v) is 4.65. The molecule has 1 saturated heterocycles. The lowest BCUT2D eigenvalue weighted by Crippen LogP contribution is -2.44. The van der Waals surface area contributed by atoms with Gasteiger partial charge in [0, 0.05) is 31.2 Å². The molecule has 3 aromatic rings. The topological polar surface area (TPSA) is 76.3 Å². The van der Waals surface area contributed by atoms with Crippen molar-refractivity contribution >= 4 is 22.5 Å². The number of pyridine rings is 1. The Kier molecular flexibility index (Phi) is 4.52. The minimum Gasteiger partial charge on any atom is -0.481 e. The number of benzene rings is 1. The van der Waals surface area contributed by atoms with Crippen molar-refractivity contribution < 1.29 is 9.26 Å². The molecule has 0 aliphatic carbocycles. The number of rotatable bonds is 4. The zero-order chi connectivity index (χ0) is 17.2. The van der Waals surface area contributed by atoms with E-state index in [2.05, 4.69) is 32.4 Å². The molecule has 0 amide bonds. The Morgan fingerprint density at radius 3 is 3.20 bits per heavy atom. The maximum absolute atomic E-state index is 6.20. The summed E-state index contributed by atoms with van der Waals surface area (Å²) in [6.45, 7) is 2.91. The first-order valence-corrected chi connectivity index (χ1v) is 8.49. The second-order valence-corrected chi connectivity index (χ2v) is 6.39. The number of hydrogen-bond acceptors (Lipinski definition) is 7. The molecule has 1 aliphatic rings. The molecule has 7 nitrogen and oxygen atoms in total. The molecular formula is C17H18ClN5O2. The standard InChI is InChI=1S/C17H18ClN5O2/c1-23-8-7-19-9-13(23)17-21-15(25-22-17)10-24-14-5-4-12(18)11-3-2-6-20-16(11)14/h2-6,13,19H,7-10H2,1H3. The highest BCUT2D eigenvalue weighted by Crippen LogP contribution is 2.30. The average Bonchev–Trinajstić information content (AvgIpc) is 3.11. The van der Waals surface area contributed by atoms with Gasteiger partial charge in [0.1, 0.15) is 11.3 Å². The van der Waals surface area contributed by atoms with E-state index >= 15 is 0 Å². The van der Waals surface area contributed by atoms with Crippen LogP contribution in [-0.4, -0.2) is 46.7 Å². The van der Waals surface area contributed by atoms with Gasteiger partial charge in [0.05, 0.1) is 11.1 Å². The molecule has 4 rings (SSSR count). The van der Waals surface area contributed by atoms with E-state index in [1.54, 1.807) is 18.3 Å². The van der Waals surface area contributed by atoms with E-state index in [9.17, 15) is 0 Å². The van der Waals surface area contributed by atoms with E-state index < -0.39 is 0 Å². The van der Waals surface area contributed by atoms with Gasteiger partial charge in [0.25, 0.3) is 5.89 Å². The Labute approximate surface area is 149 Å². The van der Waals surface area contributed by atoms with Crippen LogP contribution in [-0.2, 0) is 6.61 Å². The number of likely N-dealkylation sites (N-methyl/N-ethyl adjacent to an activating group) is 1. The fraction of sp³-hybridized carbons (Fsp3) is 0.353. The van der Waals surface area contributed by atoms with E-state index in [1.807, 2.05) is 12.1 Å². The summed E-state index contributed by atoms with van der Waals surface area (Å²) in [4.78, 5) is 11.0. The summed E-state index contributed by atoms with van der Waals surface area (Å²) in [6.07, 6.45) is 1.71. The molecule has 1 atom stereocenters. The maximum atomic E-state index is 6.20. The van der Waals surface area contributed by atoms with Crippen molar-refractivity contribution in [3.8, 4) is 5.75 Å². The number of piperazine rings is 1. The molecule has 1 N–H and O–H groups in total. The highest BCUT2D eigenvalue weighted by Gasteiger charge is 2.25. The van der Waals surface area contributed by atoms with Crippen LogP contribution in [0.25, 0.3) is 10.9 Å². The van der Waals surface area contributed by atoms with Crippen LogP contribution in [0, 0.1) is 0 Å². The number of fused-ring (bicyclic) bond motifs is 1. The zero-order valence-electron chi connectivity index (χ0n) is 13.8. The van der Waals surface area contributed by atoms with Crippen molar-refractivity contribution in [1.82, 2.24) is 25.3 Å². The first-order valence-electron chi connectivity index (χ1n) is 8.12. The largest absolute Gasteiger partial charge is 0.481 e. The summed E-state index contributed by atoms with van der Waals surface area (Å²) in [6, 6.07) is 7.46. The molecule has 25 heavy (non-hydrogen) atoms. The van der Waals surface area contributed by atoms with Crippen LogP contribution in [0.2, 0.25) is 5.02 Å². The fourth-order valence-corrected chi connectivity index (χ4v) is 3.14. The normalized spacial score (nSPS) is 18.6. The van der Waals surface area contributed by atoms with Gasteiger partial charge < -0.3 is 14.6 Å². The van der Waals surface area contributed by atoms with Gasteiger partial charge in [0.15, 0.2) is 12.4 Å². The number of nitrogens with zero attached hydrogens (tertiary/aromatic N) is 4. The summed E-state index contributed by atoms with van der Waals surface area (Å²) in [5.41, 5.74) is 0.714. The van der Waals surface area contributed by atoms with E-state index in [0.29, 0.717) is 28.0 Å². The van der Waals surface area contributed by atoms with Crippen molar-refractivity contribution in [3.05, 3.63) is 47.2 Å². The smallest absolute Gasteiger partial charge is 0.264 e. The Bertz CT molecular complexity index is 884. The van der Waals surface area contributed by atoms with Crippen LogP contribution >= 0.6 is 11.6 Å². The van der Waals surface area contributed by atoms with Gasteiger partial charge in [0.2, 0.25) is 0 Å². The van der Waals surface area contributed by atoms with Crippen LogP contribution in [0.4, 0.5) is 0 Å². The summed E-state index contributed by atoms with van der Waals surface area (Å²) in [5, 5.41) is 8.93. The lowest BCUT2D eigenvalue weighted by molar-refractivity contribution is 0.189. The number of nitrogens with one attached hydrogen (secondary N) is 1. The average molecular weight is 360 g/mol. The number of halogens is 1. The van der Waals surface area contributed by atoms with Crippen molar-refractivity contribution in [2.75, 3.05) is 26.7 Å². The van der Waals surface area contributed by atoms with Crippen molar-refractivity contribution in [2.45, 2.75) is 12.6 Å². The van der Waals surface area contributed by atoms with E-state index in [4.69, 9.17) is 20.9 Å². The molecule has 1 unspecified atom stereocenters. The van der Waals surface area contributed by atoms with Crippen LogP contribution in [0.5, 0.6) is 5.75 Å². The van der Waals surface area contributed by atoms with Crippen molar-refractivity contribution in [1.29, 1.82) is 0 Å². The predicted molar refractivity (Wildman–Crippen MR) is 93.6 cm³/mol. The van der Waals surface area contributed by atoms with E-state index in [0.717, 1.165) is 25.0 Å². The number of ether oxygens (including phenoxy) is 1. The minimum atomic E-state index is 0.115. The lowest BCUT2D eigenvalue weighted by Gasteiger charge is -2.30. The van der Waals surface area contributed by atoms with E-state index in [1.165, 1.54) is 0 Å². The molecule has 0 bridgehead atoms. The van der Waals surface area contributed by atoms with Crippen molar-refractivity contribution in [3.63, 3.8) is 0 Å². The van der Waals surface area contributed by atoms with Gasteiger partial charge in [-0.25, -0.2) is 0 Å². The lowest BCUT2D eigenvalue weighted by atomic mass is 10.2. The van der Waals surface area contributed by atoms with Crippen molar-refractivity contribution in [2.24, 2.45) is 0 Å². The Balaban J connectivity index is 1.50. The highest BCUT2D eigenvalue weighted by atomic mass is 35.5. The number of hydrogen-bond donors (Lipinski definition) is 1. The SMILES string of the molecule is CN1CCNCC1c1noc(COc2ccc(Cl)c3cccnc23)n1.